The quantitative estimate of drug-likeness (QED) is 0.905. The minimum atomic E-state index is 0.116. The molecule has 2 aromatic rings. The lowest BCUT2D eigenvalue weighted by Crippen LogP contribution is -2.32. The average Bonchev–Trinajstić information content (AvgIpc) is 3.02. The van der Waals surface area contributed by atoms with Crippen LogP contribution >= 0.6 is 15.9 Å². The van der Waals surface area contributed by atoms with Crippen molar-refractivity contribution in [2.75, 3.05) is 0 Å². The van der Waals surface area contributed by atoms with Crippen molar-refractivity contribution in [1.82, 2.24) is 25.5 Å². The monoisotopic (exact) mass is 363 g/mol. The topological polar surface area (TPSA) is 72.7 Å². The number of nitrogens with zero attached hydrogens (tertiary/aromatic N) is 4. The molecule has 1 fully saturated rings. The summed E-state index contributed by atoms with van der Waals surface area (Å²) in [6.07, 6.45) is 5.52. The molecule has 1 aromatic heterocycles. The van der Waals surface area contributed by atoms with E-state index in [4.69, 9.17) is 0 Å². The van der Waals surface area contributed by atoms with Crippen LogP contribution in [0.3, 0.4) is 0 Å². The van der Waals surface area contributed by atoms with Crippen LogP contribution in [0.25, 0.3) is 5.69 Å². The van der Waals surface area contributed by atoms with E-state index < -0.39 is 0 Å². The summed E-state index contributed by atoms with van der Waals surface area (Å²) in [7, 11) is 0. The maximum absolute atomic E-state index is 12.2. The number of benzene rings is 1. The highest BCUT2D eigenvalue weighted by molar-refractivity contribution is 9.10. The van der Waals surface area contributed by atoms with E-state index in [9.17, 15) is 4.79 Å². The number of carbonyl (C=O) groups excluding carboxylic acids is 1. The minimum Gasteiger partial charge on any atom is -0.348 e. The number of hydrogen-bond donors (Lipinski definition) is 1. The highest BCUT2D eigenvalue weighted by Crippen LogP contribution is 2.23. The van der Waals surface area contributed by atoms with Gasteiger partial charge in [0, 0.05) is 10.4 Å². The molecule has 116 valence electrons. The molecular formula is C15H18BrN5O. The predicted octanol–water partition coefficient (Wildman–Crippen LogP) is 2.62. The number of amides is 1. The van der Waals surface area contributed by atoms with Crippen LogP contribution in [0.2, 0.25) is 0 Å². The lowest BCUT2D eigenvalue weighted by atomic mass is 9.89. The van der Waals surface area contributed by atoms with Crippen molar-refractivity contribution in [1.29, 1.82) is 0 Å². The lowest BCUT2D eigenvalue weighted by molar-refractivity contribution is -0.126. The second-order valence-corrected chi connectivity index (χ2v) is 6.45. The lowest BCUT2D eigenvalue weighted by Gasteiger charge is -2.20. The molecule has 7 heteroatoms. The Bertz CT molecular complexity index is 634. The van der Waals surface area contributed by atoms with Gasteiger partial charge in [-0.05, 0) is 47.5 Å². The van der Waals surface area contributed by atoms with Gasteiger partial charge in [-0.15, -0.1) is 5.10 Å². The Morgan fingerprint density at radius 2 is 1.95 bits per heavy atom. The van der Waals surface area contributed by atoms with Crippen LogP contribution in [0, 0.1) is 5.92 Å². The molecule has 0 unspecified atom stereocenters. The van der Waals surface area contributed by atoms with Crippen molar-refractivity contribution in [2.45, 2.75) is 38.6 Å². The first-order chi connectivity index (χ1) is 10.7. The van der Waals surface area contributed by atoms with Crippen molar-refractivity contribution >= 4 is 21.8 Å². The van der Waals surface area contributed by atoms with Crippen LogP contribution in [0.15, 0.2) is 28.7 Å². The Morgan fingerprint density at radius 1 is 1.23 bits per heavy atom. The third-order valence-electron chi connectivity index (χ3n) is 4.00. The highest BCUT2D eigenvalue weighted by atomic mass is 79.9. The molecule has 1 aromatic carbocycles. The highest BCUT2D eigenvalue weighted by Gasteiger charge is 2.21. The van der Waals surface area contributed by atoms with E-state index in [2.05, 4.69) is 36.8 Å². The van der Waals surface area contributed by atoms with Crippen LogP contribution in [-0.4, -0.2) is 26.1 Å². The Hall–Kier alpha value is -1.76. The fourth-order valence-corrected chi connectivity index (χ4v) is 3.04. The standard InChI is InChI=1S/C15H18BrN5O/c16-12-6-8-13(9-7-12)21-14(18-19-20-21)10-17-15(22)11-4-2-1-3-5-11/h6-9,11H,1-5,10H2,(H,17,22). The first-order valence-electron chi connectivity index (χ1n) is 7.55. The minimum absolute atomic E-state index is 0.116. The van der Waals surface area contributed by atoms with Gasteiger partial charge in [-0.2, -0.15) is 4.68 Å². The maximum Gasteiger partial charge on any atom is 0.223 e. The van der Waals surface area contributed by atoms with Gasteiger partial charge in [0.1, 0.15) is 0 Å². The molecule has 1 aliphatic carbocycles. The van der Waals surface area contributed by atoms with Crippen molar-refractivity contribution in [2.24, 2.45) is 5.92 Å². The van der Waals surface area contributed by atoms with Gasteiger partial charge < -0.3 is 5.32 Å². The molecule has 0 spiro atoms. The van der Waals surface area contributed by atoms with Gasteiger partial charge in [-0.3, -0.25) is 4.79 Å². The van der Waals surface area contributed by atoms with Crippen molar-refractivity contribution < 1.29 is 4.79 Å². The van der Waals surface area contributed by atoms with Gasteiger partial charge in [-0.25, -0.2) is 0 Å². The summed E-state index contributed by atoms with van der Waals surface area (Å²) in [6.45, 7) is 0.346. The number of aromatic nitrogens is 4. The Labute approximate surface area is 137 Å². The van der Waals surface area contributed by atoms with Gasteiger partial charge in [0.2, 0.25) is 5.91 Å². The van der Waals surface area contributed by atoms with Crippen LogP contribution in [0.1, 0.15) is 37.9 Å². The molecular weight excluding hydrogens is 346 g/mol. The third kappa shape index (κ3) is 3.52. The maximum atomic E-state index is 12.2. The molecule has 0 aliphatic heterocycles. The fraction of sp³-hybridized carbons (Fsp3) is 0.467. The summed E-state index contributed by atoms with van der Waals surface area (Å²) in [4.78, 5) is 12.2. The zero-order valence-electron chi connectivity index (χ0n) is 12.2. The molecule has 0 atom stereocenters. The van der Waals surface area contributed by atoms with Gasteiger partial charge >= 0.3 is 0 Å². The van der Waals surface area contributed by atoms with E-state index in [1.165, 1.54) is 6.42 Å². The summed E-state index contributed by atoms with van der Waals surface area (Å²) < 4.78 is 2.64. The van der Waals surface area contributed by atoms with Crippen LogP contribution < -0.4 is 5.32 Å². The molecule has 1 heterocycles. The predicted molar refractivity (Wildman–Crippen MR) is 85.3 cm³/mol. The van der Waals surface area contributed by atoms with Gasteiger partial charge in [0.15, 0.2) is 5.82 Å². The number of halogens is 1. The first kappa shape index (κ1) is 15.1. The molecule has 1 N–H and O–H groups in total. The van der Waals surface area contributed by atoms with E-state index in [-0.39, 0.29) is 11.8 Å². The van der Waals surface area contributed by atoms with E-state index in [0.29, 0.717) is 12.4 Å². The normalized spacial score (nSPS) is 15.7. The van der Waals surface area contributed by atoms with Gasteiger partial charge in [0.05, 0.1) is 12.2 Å². The third-order valence-corrected chi connectivity index (χ3v) is 4.53. The van der Waals surface area contributed by atoms with E-state index in [0.717, 1.165) is 35.8 Å². The van der Waals surface area contributed by atoms with Crippen LogP contribution in [0.5, 0.6) is 0 Å². The summed E-state index contributed by atoms with van der Waals surface area (Å²) in [5.74, 6) is 0.891. The molecule has 3 rings (SSSR count). The van der Waals surface area contributed by atoms with Crippen LogP contribution in [-0.2, 0) is 11.3 Å². The van der Waals surface area contributed by atoms with Crippen LogP contribution in [0.4, 0.5) is 0 Å². The second-order valence-electron chi connectivity index (χ2n) is 5.54. The molecule has 0 radical (unpaired) electrons. The molecule has 1 amide bonds. The largest absolute Gasteiger partial charge is 0.348 e. The van der Waals surface area contributed by atoms with E-state index in [1.54, 1.807) is 4.68 Å². The Balaban J connectivity index is 1.65. The SMILES string of the molecule is O=C(NCc1nnnn1-c1ccc(Br)cc1)C1CCCCC1. The molecule has 0 bridgehead atoms. The molecule has 22 heavy (non-hydrogen) atoms. The second kappa shape index (κ2) is 7.00. The van der Waals surface area contributed by atoms with E-state index in [1.807, 2.05) is 24.3 Å². The summed E-state index contributed by atoms with van der Waals surface area (Å²) >= 11 is 3.40. The van der Waals surface area contributed by atoms with Gasteiger partial charge in [0.25, 0.3) is 0 Å². The zero-order chi connectivity index (χ0) is 15.4. The average molecular weight is 364 g/mol. The van der Waals surface area contributed by atoms with Crippen molar-refractivity contribution in [3.05, 3.63) is 34.6 Å². The smallest absolute Gasteiger partial charge is 0.223 e. The van der Waals surface area contributed by atoms with Crippen molar-refractivity contribution in [3.63, 3.8) is 0 Å². The number of rotatable bonds is 4. The molecule has 0 saturated heterocycles. The Kier molecular flexibility index (Phi) is 4.82. The molecule has 1 saturated carbocycles. The van der Waals surface area contributed by atoms with Gasteiger partial charge in [-0.1, -0.05) is 35.2 Å². The van der Waals surface area contributed by atoms with Crippen molar-refractivity contribution in [3.8, 4) is 5.69 Å². The summed E-state index contributed by atoms with van der Waals surface area (Å²) in [6, 6.07) is 7.71. The summed E-state index contributed by atoms with van der Waals surface area (Å²) in [5.41, 5.74) is 0.870. The summed E-state index contributed by atoms with van der Waals surface area (Å²) in [5, 5.41) is 14.7. The number of nitrogens with one attached hydrogen (secondary N) is 1. The fourth-order valence-electron chi connectivity index (χ4n) is 2.77. The first-order valence-corrected chi connectivity index (χ1v) is 8.34. The van der Waals surface area contributed by atoms with E-state index >= 15 is 0 Å². The molecule has 1 aliphatic rings. The Morgan fingerprint density at radius 3 is 2.68 bits per heavy atom. The number of tetrazole rings is 1. The zero-order valence-corrected chi connectivity index (χ0v) is 13.8. The number of hydrogen-bond acceptors (Lipinski definition) is 4. The molecule has 6 nitrogen and oxygen atoms in total. The number of carbonyl (C=O) groups is 1.